The fraction of sp³-hybridized carbons (Fsp3) is 0.667. The van der Waals surface area contributed by atoms with Crippen LogP contribution in [0.3, 0.4) is 0 Å². The van der Waals surface area contributed by atoms with Crippen LogP contribution in [0.5, 0.6) is 0 Å². The maximum atomic E-state index is 11.3. The predicted molar refractivity (Wildman–Crippen MR) is 54.1 cm³/mol. The Kier molecular flexibility index (Phi) is 4.23. The molecule has 1 aromatic heterocycles. The van der Waals surface area contributed by atoms with Crippen molar-refractivity contribution in [3.63, 3.8) is 0 Å². The second kappa shape index (κ2) is 5.45. The van der Waals surface area contributed by atoms with Gasteiger partial charge < -0.3 is 10.4 Å². The highest BCUT2D eigenvalue weighted by atomic mass is 16.3. The number of hydrogen-bond acceptors (Lipinski definition) is 4. The third-order valence-corrected chi connectivity index (χ3v) is 1.71. The van der Waals surface area contributed by atoms with Gasteiger partial charge in [0.05, 0.1) is 5.69 Å². The van der Waals surface area contributed by atoms with Gasteiger partial charge in [-0.05, 0) is 13.8 Å². The number of rotatable bonds is 5. The standard InChI is InChI=1S/C9H16N4O2/c1-7(2)10-9(15)6-13-5-8(3-4-14)11-12-13/h5,7,14H,3-4,6H2,1-2H3,(H,10,15). The minimum absolute atomic E-state index is 0.0386. The van der Waals surface area contributed by atoms with Crippen LogP contribution in [0.1, 0.15) is 19.5 Å². The van der Waals surface area contributed by atoms with E-state index in [1.807, 2.05) is 13.8 Å². The van der Waals surface area contributed by atoms with E-state index in [1.54, 1.807) is 6.20 Å². The first-order chi connectivity index (χ1) is 7.11. The van der Waals surface area contributed by atoms with Crippen LogP contribution in [0.15, 0.2) is 6.20 Å². The molecule has 1 amide bonds. The molecule has 15 heavy (non-hydrogen) atoms. The molecule has 0 unspecified atom stereocenters. The summed E-state index contributed by atoms with van der Waals surface area (Å²) in [6.45, 7) is 4.00. The van der Waals surface area contributed by atoms with Gasteiger partial charge in [-0.15, -0.1) is 5.10 Å². The Bertz CT molecular complexity index is 322. The predicted octanol–water partition coefficient (Wildman–Crippen LogP) is -0.663. The summed E-state index contributed by atoms with van der Waals surface area (Å²) in [5.41, 5.74) is 0.690. The number of carbonyl (C=O) groups excluding carboxylic acids is 1. The van der Waals surface area contributed by atoms with E-state index in [0.717, 1.165) is 0 Å². The molecule has 1 aromatic rings. The van der Waals surface area contributed by atoms with E-state index in [9.17, 15) is 4.79 Å². The summed E-state index contributed by atoms with van der Waals surface area (Å²) in [5, 5.41) is 19.0. The van der Waals surface area contributed by atoms with E-state index in [-0.39, 0.29) is 25.1 Å². The van der Waals surface area contributed by atoms with Crippen molar-refractivity contribution in [1.82, 2.24) is 20.3 Å². The van der Waals surface area contributed by atoms with Crippen molar-refractivity contribution in [3.8, 4) is 0 Å². The lowest BCUT2D eigenvalue weighted by Gasteiger charge is -2.07. The van der Waals surface area contributed by atoms with Crippen LogP contribution < -0.4 is 5.32 Å². The average molecular weight is 212 g/mol. The maximum absolute atomic E-state index is 11.3. The molecule has 0 aliphatic carbocycles. The molecule has 0 radical (unpaired) electrons. The minimum Gasteiger partial charge on any atom is -0.396 e. The largest absolute Gasteiger partial charge is 0.396 e. The van der Waals surface area contributed by atoms with Gasteiger partial charge in [0.25, 0.3) is 0 Å². The van der Waals surface area contributed by atoms with Crippen molar-refractivity contribution in [3.05, 3.63) is 11.9 Å². The smallest absolute Gasteiger partial charge is 0.241 e. The molecular weight excluding hydrogens is 196 g/mol. The highest BCUT2D eigenvalue weighted by molar-refractivity contribution is 5.75. The van der Waals surface area contributed by atoms with Crippen molar-refractivity contribution in [1.29, 1.82) is 0 Å². The van der Waals surface area contributed by atoms with Crippen molar-refractivity contribution < 1.29 is 9.90 Å². The summed E-state index contributed by atoms with van der Waals surface area (Å²) < 4.78 is 1.46. The molecule has 0 fully saturated rings. The van der Waals surface area contributed by atoms with Gasteiger partial charge in [-0.1, -0.05) is 5.21 Å². The fourth-order valence-electron chi connectivity index (χ4n) is 1.16. The third kappa shape index (κ3) is 4.07. The van der Waals surface area contributed by atoms with Gasteiger partial charge in [0.2, 0.25) is 5.91 Å². The van der Waals surface area contributed by atoms with Gasteiger partial charge in [0, 0.05) is 25.3 Å². The summed E-state index contributed by atoms with van der Waals surface area (Å²) in [6, 6.07) is 0.123. The normalized spacial score (nSPS) is 10.7. The van der Waals surface area contributed by atoms with E-state index >= 15 is 0 Å². The summed E-state index contributed by atoms with van der Waals surface area (Å²) in [6.07, 6.45) is 2.13. The highest BCUT2D eigenvalue weighted by Gasteiger charge is 2.06. The number of nitrogens with zero attached hydrogens (tertiary/aromatic N) is 3. The monoisotopic (exact) mass is 212 g/mol. The van der Waals surface area contributed by atoms with Gasteiger partial charge in [0.15, 0.2) is 0 Å². The Morgan fingerprint density at radius 1 is 1.67 bits per heavy atom. The zero-order valence-electron chi connectivity index (χ0n) is 8.97. The van der Waals surface area contributed by atoms with Crippen molar-refractivity contribution in [2.24, 2.45) is 0 Å². The molecule has 0 saturated heterocycles. The number of aliphatic hydroxyl groups is 1. The lowest BCUT2D eigenvalue weighted by Crippen LogP contribution is -2.33. The molecule has 2 N–H and O–H groups in total. The summed E-state index contributed by atoms with van der Waals surface area (Å²) >= 11 is 0. The van der Waals surface area contributed by atoms with Crippen molar-refractivity contribution in [2.45, 2.75) is 32.9 Å². The summed E-state index contributed by atoms with van der Waals surface area (Å²) in [4.78, 5) is 11.3. The molecule has 0 saturated carbocycles. The molecule has 1 heterocycles. The molecule has 0 bridgehead atoms. The molecule has 0 spiro atoms. The maximum Gasteiger partial charge on any atom is 0.241 e. The van der Waals surface area contributed by atoms with E-state index in [1.165, 1.54) is 4.68 Å². The number of hydrogen-bond donors (Lipinski definition) is 2. The quantitative estimate of drug-likeness (QED) is 0.679. The third-order valence-electron chi connectivity index (χ3n) is 1.71. The van der Waals surface area contributed by atoms with Gasteiger partial charge in [0.1, 0.15) is 6.54 Å². The van der Waals surface area contributed by atoms with Crippen molar-refractivity contribution in [2.75, 3.05) is 6.61 Å². The molecule has 0 aliphatic rings. The minimum atomic E-state index is -0.0922. The van der Waals surface area contributed by atoms with Crippen molar-refractivity contribution >= 4 is 5.91 Å². The van der Waals surface area contributed by atoms with E-state index < -0.39 is 0 Å². The van der Waals surface area contributed by atoms with Crippen LogP contribution in [0.25, 0.3) is 0 Å². The van der Waals surface area contributed by atoms with Gasteiger partial charge in [-0.2, -0.15) is 0 Å². The number of nitrogens with one attached hydrogen (secondary N) is 1. The second-order valence-electron chi connectivity index (χ2n) is 3.60. The zero-order chi connectivity index (χ0) is 11.3. The van der Waals surface area contributed by atoms with Crippen LogP contribution in [-0.4, -0.2) is 38.7 Å². The Morgan fingerprint density at radius 2 is 2.40 bits per heavy atom. The number of aromatic nitrogens is 3. The molecule has 6 nitrogen and oxygen atoms in total. The first-order valence-corrected chi connectivity index (χ1v) is 4.91. The number of amides is 1. The molecule has 0 aromatic carbocycles. The summed E-state index contributed by atoms with van der Waals surface area (Å²) in [5.74, 6) is -0.0922. The highest BCUT2D eigenvalue weighted by Crippen LogP contribution is 1.93. The molecule has 0 aliphatic heterocycles. The van der Waals surface area contributed by atoms with Crippen LogP contribution in [0.4, 0.5) is 0 Å². The molecule has 1 rings (SSSR count). The Hall–Kier alpha value is -1.43. The van der Waals surface area contributed by atoms with Crippen LogP contribution in [0.2, 0.25) is 0 Å². The second-order valence-corrected chi connectivity index (χ2v) is 3.60. The molecule has 84 valence electrons. The molecular formula is C9H16N4O2. The fourth-order valence-corrected chi connectivity index (χ4v) is 1.16. The topological polar surface area (TPSA) is 80.0 Å². The molecule has 6 heteroatoms. The lowest BCUT2D eigenvalue weighted by atomic mass is 10.3. The zero-order valence-corrected chi connectivity index (χ0v) is 8.97. The van der Waals surface area contributed by atoms with E-state index in [4.69, 9.17) is 5.11 Å². The van der Waals surface area contributed by atoms with Gasteiger partial charge >= 0.3 is 0 Å². The Morgan fingerprint density at radius 3 is 3.00 bits per heavy atom. The van der Waals surface area contributed by atoms with E-state index in [2.05, 4.69) is 15.6 Å². The first kappa shape index (κ1) is 11.6. The lowest BCUT2D eigenvalue weighted by molar-refractivity contribution is -0.122. The molecule has 0 atom stereocenters. The van der Waals surface area contributed by atoms with Gasteiger partial charge in [-0.25, -0.2) is 4.68 Å². The van der Waals surface area contributed by atoms with Gasteiger partial charge in [-0.3, -0.25) is 4.79 Å². The first-order valence-electron chi connectivity index (χ1n) is 4.91. The Balaban J connectivity index is 2.46. The SMILES string of the molecule is CC(C)NC(=O)Cn1cc(CCO)nn1. The Labute approximate surface area is 88.3 Å². The van der Waals surface area contributed by atoms with Crippen LogP contribution >= 0.6 is 0 Å². The number of carbonyl (C=O) groups is 1. The average Bonchev–Trinajstić information content (AvgIpc) is 2.51. The number of aliphatic hydroxyl groups excluding tert-OH is 1. The summed E-state index contributed by atoms with van der Waals surface area (Å²) in [7, 11) is 0. The van der Waals surface area contributed by atoms with Crippen LogP contribution in [0, 0.1) is 0 Å². The van der Waals surface area contributed by atoms with E-state index in [0.29, 0.717) is 12.1 Å². The van der Waals surface area contributed by atoms with Crippen LogP contribution in [-0.2, 0) is 17.8 Å².